The SMILES string of the molecule is CC1CCCCCC1NS(=O)(=O)CBr. The van der Waals surface area contributed by atoms with Gasteiger partial charge in [-0.25, -0.2) is 13.1 Å². The summed E-state index contributed by atoms with van der Waals surface area (Å²) in [5.74, 6) is 0.464. The molecule has 0 saturated heterocycles. The summed E-state index contributed by atoms with van der Waals surface area (Å²) in [5, 5.41) is 0. The molecular formula is C9H18BrNO2S. The summed E-state index contributed by atoms with van der Waals surface area (Å²) in [6.07, 6.45) is 5.72. The Kier molecular flexibility index (Phi) is 4.87. The number of rotatable bonds is 3. The summed E-state index contributed by atoms with van der Waals surface area (Å²) in [5.41, 5.74) is 0. The zero-order valence-corrected chi connectivity index (χ0v) is 10.9. The van der Waals surface area contributed by atoms with E-state index in [1.807, 2.05) is 0 Å². The van der Waals surface area contributed by atoms with Crippen molar-refractivity contribution in [2.24, 2.45) is 5.92 Å². The van der Waals surface area contributed by atoms with Gasteiger partial charge in [0.25, 0.3) is 0 Å². The summed E-state index contributed by atoms with van der Waals surface area (Å²) in [6.45, 7) is 2.13. The van der Waals surface area contributed by atoms with Crippen LogP contribution in [0.2, 0.25) is 0 Å². The summed E-state index contributed by atoms with van der Waals surface area (Å²) >= 11 is 2.99. The van der Waals surface area contributed by atoms with Gasteiger partial charge in [-0.1, -0.05) is 42.1 Å². The smallest absolute Gasteiger partial charge is 0.212 e. The minimum atomic E-state index is -3.10. The predicted molar refractivity (Wildman–Crippen MR) is 61.9 cm³/mol. The Morgan fingerprint density at radius 3 is 2.57 bits per heavy atom. The molecule has 84 valence electrons. The highest BCUT2D eigenvalue weighted by Crippen LogP contribution is 2.23. The first kappa shape index (κ1) is 12.5. The van der Waals surface area contributed by atoms with Crippen LogP contribution in [0.3, 0.4) is 0 Å². The van der Waals surface area contributed by atoms with Crippen LogP contribution in [0.1, 0.15) is 39.0 Å². The van der Waals surface area contributed by atoms with E-state index in [9.17, 15) is 8.42 Å². The first-order valence-corrected chi connectivity index (χ1v) is 7.88. The van der Waals surface area contributed by atoms with Crippen molar-refractivity contribution in [3.8, 4) is 0 Å². The Hall–Kier alpha value is 0.390. The van der Waals surface area contributed by atoms with Crippen molar-refractivity contribution < 1.29 is 8.42 Å². The molecule has 0 aliphatic heterocycles. The van der Waals surface area contributed by atoms with Crippen LogP contribution in [0.4, 0.5) is 0 Å². The number of alkyl halides is 1. The molecule has 0 radical (unpaired) electrons. The summed E-state index contributed by atoms with van der Waals surface area (Å²) < 4.78 is 25.5. The van der Waals surface area contributed by atoms with Crippen molar-refractivity contribution in [2.45, 2.75) is 45.1 Å². The van der Waals surface area contributed by atoms with Crippen molar-refractivity contribution in [1.29, 1.82) is 0 Å². The number of sulfonamides is 1. The molecule has 5 heteroatoms. The van der Waals surface area contributed by atoms with Gasteiger partial charge in [-0.3, -0.25) is 0 Å². The quantitative estimate of drug-likeness (QED) is 0.638. The van der Waals surface area contributed by atoms with Gasteiger partial charge in [0.2, 0.25) is 10.0 Å². The second-order valence-corrected chi connectivity index (χ2v) is 7.12. The van der Waals surface area contributed by atoms with E-state index in [0.29, 0.717) is 5.92 Å². The van der Waals surface area contributed by atoms with E-state index in [2.05, 4.69) is 27.6 Å². The maximum atomic E-state index is 11.4. The highest BCUT2D eigenvalue weighted by atomic mass is 79.9. The Balaban J connectivity index is 2.57. The molecule has 1 fully saturated rings. The number of halogens is 1. The summed E-state index contributed by atoms with van der Waals surface area (Å²) in [6, 6.07) is 0.139. The minimum absolute atomic E-state index is 0.00319. The molecule has 0 bridgehead atoms. The minimum Gasteiger partial charge on any atom is -0.212 e. The van der Waals surface area contributed by atoms with Crippen molar-refractivity contribution in [1.82, 2.24) is 4.72 Å². The lowest BCUT2D eigenvalue weighted by Crippen LogP contribution is -2.39. The monoisotopic (exact) mass is 283 g/mol. The standard InChI is InChI=1S/C9H18BrNO2S/c1-8-5-3-2-4-6-9(8)11-14(12,13)7-10/h8-9,11H,2-7H2,1H3. The first-order chi connectivity index (χ1) is 6.55. The maximum absolute atomic E-state index is 11.4. The van der Waals surface area contributed by atoms with Gasteiger partial charge in [0.1, 0.15) is 4.66 Å². The van der Waals surface area contributed by atoms with Gasteiger partial charge in [-0.2, -0.15) is 0 Å². The van der Waals surface area contributed by atoms with Gasteiger partial charge in [-0.15, -0.1) is 0 Å². The average molecular weight is 284 g/mol. The molecule has 0 spiro atoms. The third kappa shape index (κ3) is 3.87. The number of hydrogen-bond acceptors (Lipinski definition) is 2. The van der Waals surface area contributed by atoms with Crippen LogP contribution < -0.4 is 4.72 Å². The molecule has 0 heterocycles. The Labute approximate surface area is 94.8 Å². The highest BCUT2D eigenvalue weighted by Gasteiger charge is 2.23. The lowest BCUT2D eigenvalue weighted by Gasteiger charge is -2.21. The second-order valence-electron chi connectivity index (χ2n) is 4.06. The van der Waals surface area contributed by atoms with Crippen LogP contribution in [0.25, 0.3) is 0 Å². The molecule has 1 aliphatic rings. The zero-order valence-electron chi connectivity index (χ0n) is 8.50. The Bertz CT molecular complexity index is 266. The fourth-order valence-electron chi connectivity index (χ4n) is 1.93. The van der Waals surface area contributed by atoms with Crippen LogP contribution in [-0.2, 0) is 10.0 Å². The van der Waals surface area contributed by atoms with Crippen LogP contribution in [0.5, 0.6) is 0 Å². The van der Waals surface area contributed by atoms with E-state index in [1.54, 1.807) is 0 Å². The van der Waals surface area contributed by atoms with E-state index in [4.69, 9.17) is 0 Å². The molecule has 1 saturated carbocycles. The van der Waals surface area contributed by atoms with Crippen molar-refractivity contribution in [3.63, 3.8) is 0 Å². The third-order valence-electron chi connectivity index (χ3n) is 2.84. The van der Waals surface area contributed by atoms with Gasteiger partial charge < -0.3 is 0 Å². The molecule has 0 aromatic heterocycles. The Morgan fingerprint density at radius 2 is 1.93 bits per heavy atom. The van der Waals surface area contributed by atoms with Crippen molar-refractivity contribution >= 4 is 26.0 Å². The van der Waals surface area contributed by atoms with Gasteiger partial charge >= 0.3 is 0 Å². The molecule has 2 atom stereocenters. The second kappa shape index (κ2) is 5.47. The topological polar surface area (TPSA) is 46.2 Å². The molecule has 0 aromatic rings. The van der Waals surface area contributed by atoms with Crippen molar-refractivity contribution in [3.05, 3.63) is 0 Å². The van der Waals surface area contributed by atoms with Gasteiger partial charge in [0, 0.05) is 6.04 Å². The summed E-state index contributed by atoms with van der Waals surface area (Å²) in [4.78, 5) is 0. The lowest BCUT2D eigenvalue weighted by atomic mass is 9.98. The fourth-order valence-corrected chi connectivity index (χ4v) is 3.20. The molecule has 2 unspecified atom stereocenters. The molecular weight excluding hydrogens is 266 g/mol. The predicted octanol–water partition coefficient (Wildman–Crippen LogP) is 2.23. The average Bonchev–Trinajstić information content (AvgIpc) is 2.32. The Morgan fingerprint density at radius 1 is 1.29 bits per heavy atom. The van der Waals surface area contributed by atoms with E-state index in [-0.39, 0.29) is 10.7 Å². The number of nitrogens with one attached hydrogen (secondary N) is 1. The van der Waals surface area contributed by atoms with Crippen LogP contribution in [0, 0.1) is 5.92 Å². The van der Waals surface area contributed by atoms with Gasteiger partial charge in [0.15, 0.2) is 0 Å². The van der Waals surface area contributed by atoms with Crippen LogP contribution >= 0.6 is 15.9 Å². The molecule has 1 N–H and O–H groups in total. The van der Waals surface area contributed by atoms with E-state index in [0.717, 1.165) is 19.3 Å². The van der Waals surface area contributed by atoms with Crippen LogP contribution in [-0.4, -0.2) is 19.1 Å². The largest absolute Gasteiger partial charge is 0.221 e. The lowest BCUT2D eigenvalue weighted by molar-refractivity contribution is 0.400. The normalized spacial score (nSPS) is 29.9. The summed E-state index contributed by atoms with van der Waals surface area (Å²) in [7, 11) is -3.10. The fraction of sp³-hybridized carbons (Fsp3) is 1.00. The maximum Gasteiger partial charge on any atom is 0.221 e. The molecule has 1 rings (SSSR count). The zero-order chi connectivity index (χ0) is 10.6. The molecule has 0 amide bonds. The van der Waals surface area contributed by atoms with E-state index in [1.165, 1.54) is 12.8 Å². The highest BCUT2D eigenvalue weighted by molar-refractivity contribution is 9.10. The van der Waals surface area contributed by atoms with Crippen LogP contribution in [0.15, 0.2) is 0 Å². The van der Waals surface area contributed by atoms with E-state index >= 15 is 0 Å². The third-order valence-corrected chi connectivity index (χ3v) is 5.59. The van der Waals surface area contributed by atoms with Gasteiger partial charge in [0.05, 0.1) is 0 Å². The molecule has 1 aliphatic carbocycles. The van der Waals surface area contributed by atoms with Crippen molar-refractivity contribution in [2.75, 3.05) is 4.66 Å². The van der Waals surface area contributed by atoms with Gasteiger partial charge in [-0.05, 0) is 18.8 Å². The number of hydrogen-bond donors (Lipinski definition) is 1. The molecule has 0 aromatic carbocycles. The first-order valence-electron chi connectivity index (χ1n) is 5.11. The molecule has 14 heavy (non-hydrogen) atoms. The van der Waals surface area contributed by atoms with E-state index < -0.39 is 10.0 Å². The molecule has 3 nitrogen and oxygen atoms in total.